The highest BCUT2D eigenvalue weighted by Gasteiger charge is 2.22. The number of nitrogens with zero attached hydrogens (tertiary/aromatic N) is 1. The van der Waals surface area contributed by atoms with Crippen LogP contribution in [-0.2, 0) is 21.8 Å². The van der Waals surface area contributed by atoms with E-state index in [4.69, 9.17) is 21.1 Å². The van der Waals surface area contributed by atoms with Gasteiger partial charge in [0.2, 0.25) is 5.88 Å². The summed E-state index contributed by atoms with van der Waals surface area (Å²) in [5.41, 5.74) is 0.142. The predicted molar refractivity (Wildman–Crippen MR) is 65.6 cm³/mol. The predicted octanol–water partition coefficient (Wildman–Crippen LogP) is 2.87. The van der Waals surface area contributed by atoms with Crippen LogP contribution in [0.25, 0.3) is 0 Å². The molecule has 0 unspecified atom stereocenters. The monoisotopic (exact) mass is 293 g/mol. The van der Waals surface area contributed by atoms with Gasteiger partial charge in [0.1, 0.15) is 0 Å². The molecule has 1 aromatic rings. The van der Waals surface area contributed by atoms with E-state index < -0.39 is 12.4 Å². The van der Waals surface area contributed by atoms with Crippen LogP contribution in [0.2, 0.25) is 0 Å². The molecule has 0 fully saturated rings. The third-order valence-electron chi connectivity index (χ3n) is 2.35. The highest BCUT2D eigenvalue weighted by atomic mass is 35.5. The minimum atomic E-state index is -2.74. The Hall–Kier alpha value is -1.43. The third-order valence-corrected chi connectivity index (χ3v) is 2.64. The van der Waals surface area contributed by atoms with E-state index in [0.29, 0.717) is 0 Å². The molecule has 1 rings (SSSR count). The molecule has 19 heavy (non-hydrogen) atoms. The first-order valence-corrected chi connectivity index (χ1v) is 6.13. The molecule has 0 aliphatic carbocycles. The summed E-state index contributed by atoms with van der Waals surface area (Å²) in [6, 6.07) is 1.37. The van der Waals surface area contributed by atoms with Crippen molar-refractivity contribution in [1.82, 2.24) is 4.98 Å². The molecule has 0 amide bonds. The van der Waals surface area contributed by atoms with Gasteiger partial charge >= 0.3 is 5.97 Å². The first-order chi connectivity index (χ1) is 9.03. The summed E-state index contributed by atoms with van der Waals surface area (Å²) in [5.74, 6) is -0.816. The Morgan fingerprint density at radius 3 is 2.68 bits per heavy atom. The normalized spacial score (nSPS) is 10.6. The first kappa shape index (κ1) is 15.6. The molecule has 4 nitrogen and oxygen atoms in total. The fourth-order valence-corrected chi connectivity index (χ4v) is 1.81. The van der Waals surface area contributed by atoms with Crippen molar-refractivity contribution in [2.24, 2.45) is 0 Å². The number of carbonyl (C=O) groups excluding carboxylic acids is 1. The van der Waals surface area contributed by atoms with Crippen molar-refractivity contribution in [3.05, 3.63) is 22.9 Å². The van der Waals surface area contributed by atoms with E-state index in [0.717, 1.165) is 0 Å². The minimum absolute atomic E-state index is 0.113. The molecule has 0 spiro atoms. The quantitative estimate of drug-likeness (QED) is 0.598. The molecular formula is C12H14ClF2NO3. The molecule has 0 aliphatic heterocycles. The fourth-order valence-electron chi connectivity index (χ4n) is 1.59. The number of ether oxygens (including phenoxy) is 2. The van der Waals surface area contributed by atoms with Gasteiger partial charge in [-0.3, -0.25) is 4.79 Å². The number of esters is 1. The van der Waals surface area contributed by atoms with Crippen LogP contribution >= 0.6 is 11.6 Å². The molecule has 7 heteroatoms. The molecule has 0 aromatic carbocycles. The number of methoxy groups -OCH3 is 1. The van der Waals surface area contributed by atoms with Gasteiger partial charge in [-0.2, -0.15) is 0 Å². The molecule has 0 saturated carbocycles. The summed E-state index contributed by atoms with van der Waals surface area (Å²) in [7, 11) is 1.24. The van der Waals surface area contributed by atoms with Crippen molar-refractivity contribution in [2.75, 3.05) is 13.7 Å². The summed E-state index contributed by atoms with van der Waals surface area (Å²) in [6.07, 6.45) is -2.86. The summed E-state index contributed by atoms with van der Waals surface area (Å²) >= 11 is 5.64. The molecule has 0 aliphatic rings. The van der Waals surface area contributed by atoms with Gasteiger partial charge < -0.3 is 9.47 Å². The molecule has 0 N–H and O–H groups in total. The number of alkyl halides is 3. The van der Waals surface area contributed by atoms with Crippen LogP contribution < -0.4 is 4.74 Å². The zero-order chi connectivity index (χ0) is 14.4. The number of pyridine rings is 1. The Kier molecular flexibility index (Phi) is 5.95. The maximum absolute atomic E-state index is 12.9. The molecule has 106 valence electrons. The van der Waals surface area contributed by atoms with E-state index in [9.17, 15) is 13.6 Å². The lowest BCUT2D eigenvalue weighted by Crippen LogP contribution is -2.11. The lowest BCUT2D eigenvalue weighted by molar-refractivity contribution is -0.142. The van der Waals surface area contributed by atoms with E-state index in [1.54, 1.807) is 6.92 Å². The van der Waals surface area contributed by atoms with Crippen LogP contribution in [0, 0.1) is 0 Å². The van der Waals surface area contributed by atoms with Crippen LogP contribution in [0.1, 0.15) is 30.2 Å². The summed E-state index contributed by atoms with van der Waals surface area (Å²) in [4.78, 5) is 15.2. The Morgan fingerprint density at radius 1 is 1.53 bits per heavy atom. The lowest BCUT2D eigenvalue weighted by atomic mass is 10.1. The van der Waals surface area contributed by atoms with Crippen molar-refractivity contribution in [3.8, 4) is 5.88 Å². The van der Waals surface area contributed by atoms with Gasteiger partial charge in [-0.05, 0) is 18.6 Å². The van der Waals surface area contributed by atoms with Crippen LogP contribution in [-0.4, -0.2) is 24.7 Å². The zero-order valence-electron chi connectivity index (χ0n) is 10.6. The lowest BCUT2D eigenvalue weighted by Gasteiger charge is -2.13. The van der Waals surface area contributed by atoms with Crippen LogP contribution in [0.3, 0.4) is 0 Å². The average Bonchev–Trinajstić information content (AvgIpc) is 2.37. The average molecular weight is 294 g/mol. The van der Waals surface area contributed by atoms with Gasteiger partial charge in [-0.25, -0.2) is 13.8 Å². The van der Waals surface area contributed by atoms with E-state index in [-0.39, 0.29) is 41.6 Å². The first-order valence-electron chi connectivity index (χ1n) is 5.59. The molecule has 0 radical (unpaired) electrons. The summed E-state index contributed by atoms with van der Waals surface area (Å²) in [5, 5.41) is 0. The van der Waals surface area contributed by atoms with Crippen LogP contribution in [0.5, 0.6) is 5.88 Å². The van der Waals surface area contributed by atoms with Gasteiger partial charge in [0, 0.05) is 5.88 Å². The third kappa shape index (κ3) is 4.02. The smallest absolute Gasteiger partial charge is 0.311 e. The second-order valence-electron chi connectivity index (χ2n) is 3.61. The fraction of sp³-hybridized carbons (Fsp3) is 0.500. The number of hydrogen-bond acceptors (Lipinski definition) is 4. The molecule has 0 bridgehead atoms. The van der Waals surface area contributed by atoms with Crippen molar-refractivity contribution < 1.29 is 23.0 Å². The second-order valence-corrected chi connectivity index (χ2v) is 3.88. The molecule has 0 saturated heterocycles. The Morgan fingerprint density at radius 2 is 2.21 bits per heavy atom. The van der Waals surface area contributed by atoms with Gasteiger partial charge in [0.25, 0.3) is 6.43 Å². The van der Waals surface area contributed by atoms with Crippen molar-refractivity contribution in [2.45, 2.75) is 25.7 Å². The number of halogens is 3. The molecule has 1 aromatic heterocycles. The van der Waals surface area contributed by atoms with Crippen molar-refractivity contribution in [3.63, 3.8) is 0 Å². The standard InChI is InChI=1S/C12H14ClF2NO3/c1-3-19-9(17)5-8-4-7(6-13)10(11(14)15)12(16-8)18-2/h4,11H,3,5-6H2,1-2H3. The van der Waals surface area contributed by atoms with Gasteiger partial charge in [-0.15, -0.1) is 11.6 Å². The van der Waals surface area contributed by atoms with E-state index in [1.807, 2.05) is 0 Å². The molecule has 1 heterocycles. The highest BCUT2D eigenvalue weighted by molar-refractivity contribution is 6.17. The maximum atomic E-state index is 12.9. The number of carbonyl (C=O) groups is 1. The Balaban J connectivity index is 3.12. The van der Waals surface area contributed by atoms with Gasteiger partial charge in [-0.1, -0.05) is 0 Å². The summed E-state index contributed by atoms with van der Waals surface area (Å²) < 4.78 is 35.4. The van der Waals surface area contributed by atoms with Crippen molar-refractivity contribution in [1.29, 1.82) is 0 Å². The largest absolute Gasteiger partial charge is 0.481 e. The van der Waals surface area contributed by atoms with Crippen LogP contribution in [0.15, 0.2) is 6.07 Å². The number of rotatable bonds is 6. The minimum Gasteiger partial charge on any atom is -0.481 e. The second kappa shape index (κ2) is 7.23. The van der Waals surface area contributed by atoms with E-state index in [2.05, 4.69) is 4.98 Å². The van der Waals surface area contributed by atoms with Gasteiger partial charge in [0.05, 0.1) is 31.4 Å². The topological polar surface area (TPSA) is 48.4 Å². The number of aromatic nitrogens is 1. The maximum Gasteiger partial charge on any atom is 0.311 e. The Bertz CT molecular complexity index is 430. The van der Waals surface area contributed by atoms with Gasteiger partial charge in [0.15, 0.2) is 0 Å². The van der Waals surface area contributed by atoms with E-state index in [1.165, 1.54) is 13.2 Å². The van der Waals surface area contributed by atoms with Crippen LogP contribution in [0.4, 0.5) is 8.78 Å². The zero-order valence-corrected chi connectivity index (χ0v) is 11.3. The number of hydrogen-bond donors (Lipinski definition) is 0. The summed E-state index contributed by atoms with van der Waals surface area (Å²) in [6.45, 7) is 1.92. The van der Waals surface area contributed by atoms with E-state index >= 15 is 0 Å². The Labute approximate surface area is 114 Å². The SMILES string of the molecule is CCOC(=O)Cc1cc(CCl)c(C(F)F)c(OC)n1. The van der Waals surface area contributed by atoms with Crippen molar-refractivity contribution >= 4 is 17.6 Å². The highest BCUT2D eigenvalue weighted by Crippen LogP contribution is 2.32. The molecule has 0 atom stereocenters. The molecular weight excluding hydrogens is 280 g/mol.